The van der Waals surface area contributed by atoms with Crippen molar-refractivity contribution in [3.05, 3.63) is 92.5 Å². The van der Waals surface area contributed by atoms with Crippen molar-refractivity contribution in [1.82, 2.24) is 0 Å². The third-order valence-electron chi connectivity index (χ3n) is 5.17. The van der Waals surface area contributed by atoms with Crippen LogP contribution < -0.4 is 14.8 Å². The third kappa shape index (κ3) is 6.49. The molecule has 3 rings (SSSR count). The SMILES string of the molecule is CCOc1cc(/C=C(\C#N)C(=O)Nc2c(C)cc(C)cc2C)ccc1OCc1ccc(Br)cc1. The smallest absolute Gasteiger partial charge is 0.266 e. The Hall–Kier alpha value is -3.56. The fraction of sp³-hybridized carbons (Fsp3) is 0.214. The standard InChI is InChI=1S/C28H27BrN2O3/c1-5-33-26-15-22(8-11-25(26)34-17-21-6-9-24(29)10-7-21)14-23(16-30)28(32)31-27-19(3)12-18(2)13-20(27)4/h6-15H,5,17H2,1-4H3,(H,31,32)/b23-14+. The second-order valence-electron chi connectivity index (χ2n) is 7.95. The summed E-state index contributed by atoms with van der Waals surface area (Å²) in [6.07, 6.45) is 1.55. The third-order valence-corrected chi connectivity index (χ3v) is 5.70. The second kappa shape index (κ2) is 11.5. The molecule has 0 spiro atoms. The maximum Gasteiger partial charge on any atom is 0.266 e. The van der Waals surface area contributed by atoms with Crippen LogP contribution in [-0.2, 0) is 11.4 Å². The molecule has 34 heavy (non-hydrogen) atoms. The van der Waals surface area contributed by atoms with Crippen molar-refractivity contribution in [3.63, 3.8) is 0 Å². The Balaban J connectivity index is 1.81. The van der Waals surface area contributed by atoms with E-state index in [4.69, 9.17) is 9.47 Å². The van der Waals surface area contributed by atoms with E-state index in [1.165, 1.54) is 0 Å². The largest absolute Gasteiger partial charge is 0.490 e. The van der Waals surface area contributed by atoms with E-state index in [0.717, 1.165) is 32.4 Å². The maximum atomic E-state index is 12.8. The summed E-state index contributed by atoms with van der Waals surface area (Å²) in [6.45, 7) is 8.62. The van der Waals surface area contributed by atoms with E-state index in [1.54, 1.807) is 24.3 Å². The van der Waals surface area contributed by atoms with E-state index in [0.29, 0.717) is 30.3 Å². The molecule has 0 unspecified atom stereocenters. The molecule has 0 saturated heterocycles. The van der Waals surface area contributed by atoms with Gasteiger partial charge in [0.25, 0.3) is 5.91 Å². The van der Waals surface area contributed by atoms with Crippen molar-refractivity contribution in [2.75, 3.05) is 11.9 Å². The number of nitrogens with zero attached hydrogens (tertiary/aromatic N) is 1. The molecular formula is C28H27BrN2O3. The summed E-state index contributed by atoms with van der Waals surface area (Å²) in [6, 6.07) is 19.3. The summed E-state index contributed by atoms with van der Waals surface area (Å²) in [4.78, 5) is 12.8. The van der Waals surface area contributed by atoms with Gasteiger partial charge in [0.15, 0.2) is 11.5 Å². The Morgan fingerprint density at radius 1 is 1.00 bits per heavy atom. The molecule has 0 heterocycles. The molecule has 174 valence electrons. The van der Waals surface area contributed by atoms with Gasteiger partial charge >= 0.3 is 0 Å². The van der Waals surface area contributed by atoms with Crippen molar-refractivity contribution in [2.45, 2.75) is 34.3 Å². The van der Waals surface area contributed by atoms with Crippen molar-refractivity contribution >= 4 is 33.6 Å². The van der Waals surface area contributed by atoms with Gasteiger partial charge in [0, 0.05) is 10.2 Å². The van der Waals surface area contributed by atoms with Crippen molar-refractivity contribution in [2.24, 2.45) is 0 Å². The maximum absolute atomic E-state index is 12.8. The van der Waals surface area contributed by atoms with Crippen LogP contribution in [-0.4, -0.2) is 12.5 Å². The first-order chi connectivity index (χ1) is 16.3. The van der Waals surface area contributed by atoms with Gasteiger partial charge in [0.1, 0.15) is 18.2 Å². The normalized spacial score (nSPS) is 11.0. The molecule has 0 atom stereocenters. The zero-order valence-corrected chi connectivity index (χ0v) is 21.3. The van der Waals surface area contributed by atoms with E-state index in [-0.39, 0.29) is 5.57 Å². The molecule has 1 N–H and O–H groups in total. The summed E-state index contributed by atoms with van der Waals surface area (Å²) in [5.74, 6) is 0.693. The molecule has 0 aliphatic carbocycles. The quantitative estimate of drug-likeness (QED) is 0.260. The van der Waals surface area contributed by atoms with Gasteiger partial charge < -0.3 is 14.8 Å². The molecular weight excluding hydrogens is 492 g/mol. The number of amides is 1. The Morgan fingerprint density at radius 3 is 2.29 bits per heavy atom. The van der Waals surface area contributed by atoms with Gasteiger partial charge in [0.2, 0.25) is 0 Å². The van der Waals surface area contributed by atoms with Crippen LogP contribution >= 0.6 is 15.9 Å². The molecule has 1 amide bonds. The predicted octanol–water partition coefficient (Wildman–Crippen LogP) is 6.90. The number of nitriles is 1. The summed E-state index contributed by atoms with van der Waals surface area (Å²) < 4.78 is 12.7. The van der Waals surface area contributed by atoms with Gasteiger partial charge in [-0.05, 0) is 80.3 Å². The van der Waals surface area contributed by atoms with E-state index in [9.17, 15) is 10.1 Å². The molecule has 3 aromatic rings. The molecule has 0 fully saturated rings. The predicted molar refractivity (Wildman–Crippen MR) is 139 cm³/mol. The summed E-state index contributed by atoms with van der Waals surface area (Å²) in [7, 11) is 0. The zero-order chi connectivity index (χ0) is 24.7. The number of halogens is 1. The summed E-state index contributed by atoms with van der Waals surface area (Å²) in [5.41, 5.74) is 5.45. The van der Waals surface area contributed by atoms with Crippen LogP contribution in [0.1, 0.15) is 34.7 Å². The Labute approximate surface area is 209 Å². The van der Waals surface area contributed by atoms with Gasteiger partial charge in [-0.15, -0.1) is 0 Å². The number of nitrogens with one attached hydrogen (secondary N) is 1. The summed E-state index contributed by atoms with van der Waals surface area (Å²) >= 11 is 3.43. The van der Waals surface area contributed by atoms with Crippen molar-refractivity contribution in [3.8, 4) is 17.6 Å². The van der Waals surface area contributed by atoms with Gasteiger partial charge in [-0.1, -0.05) is 51.8 Å². The lowest BCUT2D eigenvalue weighted by molar-refractivity contribution is -0.112. The number of carbonyl (C=O) groups excluding carboxylic acids is 1. The molecule has 6 heteroatoms. The minimum Gasteiger partial charge on any atom is -0.490 e. The molecule has 0 radical (unpaired) electrons. The van der Waals surface area contributed by atoms with Gasteiger partial charge in [0.05, 0.1) is 6.61 Å². The number of carbonyl (C=O) groups is 1. The lowest BCUT2D eigenvalue weighted by Gasteiger charge is -2.14. The number of anilines is 1. The van der Waals surface area contributed by atoms with Crippen LogP contribution in [0.15, 0.2) is 64.6 Å². The Bertz CT molecular complexity index is 1230. The van der Waals surface area contributed by atoms with Gasteiger partial charge in [-0.3, -0.25) is 4.79 Å². The zero-order valence-electron chi connectivity index (χ0n) is 19.7. The first-order valence-corrected chi connectivity index (χ1v) is 11.7. The van der Waals surface area contributed by atoms with Gasteiger partial charge in [-0.25, -0.2) is 0 Å². The number of benzene rings is 3. The first-order valence-electron chi connectivity index (χ1n) is 11.0. The number of hydrogen-bond acceptors (Lipinski definition) is 4. The monoisotopic (exact) mass is 518 g/mol. The number of ether oxygens (including phenoxy) is 2. The molecule has 0 aliphatic rings. The fourth-order valence-corrected chi connectivity index (χ4v) is 3.88. The number of rotatable bonds is 8. The molecule has 3 aromatic carbocycles. The van der Waals surface area contributed by atoms with Crippen molar-refractivity contribution in [1.29, 1.82) is 5.26 Å². The van der Waals surface area contributed by atoms with Crippen LogP contribution in [0, 0.1) is 32.1 Å². The number of aryl methyl sites for hydroxylation is 3. The lowest BCUT2D eigenvalue weighted by atomic mass is 10.0. The molecule has 0 aromatic heterocycles. The molecule has 0 saturated carbocycles. The van der Waals surface area contributed by atoms with Gasteiger partial charge in [-0.2, -0.15) is 5.26 Å². The van der Waals surface area contributed by atoms with E-state index in [1.807, 2.05) is 70.2 Å². The topological polar surface area (TPSA) is 71.3 Å². The van der Waals surface area contributed by atoms with Crippen molar-refractivity contribution < 1.29 is 14.3 Å². The van der Waals surface area contributed by atoms with Crippen LogP contribution in [0.2, 0.25) is 0 Å². The van der Waals surface area contributed by atoms with E-state index >= 15 is 0 Å². The first kappa shape index (κ1) is 25.1. The fourth-order valence-electron chi connectivity index (χ4n) is 3.62. The average Bonchev–Trinajstić information content (AvgIpc) is 2.80. The van der Waals surface area contributed by atoms with Crippen LogP contribution in [0.4, 0.5) is 5.69 Å². The second-order valence-corrected chi connectivity index (χ2v) is 8.87. The highest BCUT2D eigenvalue weighted by Crippen LogP contribution is 2.30. The van der Waals surface area contributed by atoms with E-state index < -0.39 is 5.91 Å². The minimum atomic E-state index is -0.453. The lowest BCUT2D eigenvalue weighted by Crippen LogP contribution is -2.15. The average molecular weight is 519 g/mol. The van der Waals surface area contributed by atoms with E-state index in [2.05, 4.69) is 21.2 Å². The minimum absolute atomic E-state index is 0.00496. The molecule has 0 bridgehead atoms. The highest BCUT2D eigenvalue weighted by atomic mass is 79.9. The van der Waals surface area contributed by atoms with Crippen LogP contribution in [0.3, 0.4) is 0 Å². The molecule has 5 nitrogen and oxygen atoms in total. The molecule has 0 aliphatic heterocycles. The highest BCUT2D eigenvalue weighted by Gasteiger charge is 2.14. The number of hydrogen-bond donors (Lipinski definition) is 1. The summed E-state index contributed by atoms with van der Waals surface area (Å²) in [5, 5.41) is 12.5. The Morgan fingerprint density at radius 2 is 1.68 bits per heavy atom. The Kier molecular flexibility index (Phi) is 8.50. The van der Waals surface area contributed by atoms with Crippen LogP contribution in [0.25, 0.3) is 6.08 Å². The van der Waals surface area contributed by atoms with Crippen LogP contribution in [0.5, 0.6) is 11.5 Å². The highest BCUT2D eigenvalue weighted by molar-refractivity contribution is 9.10.